The summed E-state index contributed by atoms with van der Waals surface area (Å²) >= 11 is 0. The van der Waals surface area contributed by atoms with E-state index in [1.54, 1.807) is 0 Å². The van der Waals surface area contributed by atoms with Crippen LogP contribution in [0.2, 0.25) is 0 Å². The Morgan fingerprint density at radius 3 is 2.93 bits per heavy atom. The summed E-state index contributed by atoms with van der Waals surface area (Å²) in [6.45, 7) is 2.35. The van der Waals surface area contributed by atoms with Crippen molar-refractivity contribution in [3.05, 3.63) is 17.0 Å². The van der Waals surface area contributed by atoms with Crippen LogP contribution in [-0.4, -0.2) is 16.1 Å². The third kappa shape index (κ3) is 1.46. The molecule has 0 saturated carbocycles. The lowest BCUT2D eigenvalue weighted by Gasteiger charge is -2.22. The Kier molecular flexibility index (Phi) is 2.32. The molecule has 1 aliphatic carbocycles. The first-order chi connectivity index (χ1) is 7.10. The van der Waals surface area contributed by atoms with Gasteiger partial charge < -0.3 is 0 Å². The SMILES string of the molecule is CCn1nc(C=O)c2c1CCCC2(F)F. The maximum absolute atomic E-state index is 13.6. The summed E-state index contributed by atoms with van der Waals surface area (Å²) < 4.78 is 28.7. The van der Waals surface area contributed by atoms with E-state index in [2.05, 4.69) is 5.10 Å². The summed E-state index contributed by atoms with van der Waals surface area (Å²) in [6.07, 6.45) is 1.27. The van der Waals surface area contributed by atoms with Gasteiger partial charge in [0.05, 0.1) is 5.56 Å². The third-order valence-electron chi connectivity index (χ3n) is 2.77. The van der Waals surface area contributed by atoms with Crippen LogP contribution in [-0.2, 0) is 18.9 Å². The molecule has 5 heteroatoms. The predicted octanol–water partition coefficient (Wildman–Crippen LogP) is 2.14. The number of nitrogens with zero attached hydrogens (tertiary/aromatic N) is 2. The highest BCUT2D eigenvalue weighted by atomic mass is 19.3. The van der Waals surface area contributed by atoms with Gasteiger partial charge >= 0.3 is 0 Å². The molecule has 0 amide bonds. The molecule has 0 unspecified atom stereocenters. The van der Waals surface area contributed by atoms with Crippen LogP contribution < -0.4 is 0 Å². The maximum atomic E-state index is 13.6. The van der Waals surface area contributed by atoms with Crippen LogP contribution in [0.5, 0.6) is 0 Å². The number of hydrogen-bond donors (Lipinski definition) is 0. The maximum Gasteiger partial charge on any atom is 0.277 e. The van der Waals surface area contributed by atoms with Gasteiger partial charge in [-0.05, 0) is 19.8 Å². The van der Waals surface area contributed by atoms with E-state index >= 15 is 0 Å². The molecule has 82 valence electrons. The Balaban J connectivity index is 2.63. The molecule has 0 aliphatic heterocycles. The molecular formula is C10H12F2N2O. The minimum atomic E-state index is -2.89. The number of alkyl halides is 2. The van der Waals surface area contributed by atoms with E-state index in [1.807, 2.05) is 6.92 Å². The first-order valence-electron chi connectivity index (χ1n) is 5.03. The van der Waals surface area contributed by atoms with Crippen molar-refractivity contribution in [2.45, 2.75) is 38.7 Å². The summed E-state index contributed by atoms with van der Waals surface area (Å²) in [7, 11) is 0. The van der Waals surface area contributed by atoms with Crippen LogP contribution in [0.1, 0.15) is 41.5 Å². The van der Waals surface area contributed by atoms with Crippen LogP contribution in [0.3, 0.4) is 0 Å². The average molecular weight is 214 g/mol. The minimum absolute atomic E-state index is 0.100. The van der Waals surface area contributed by atoms with Crippen molar-refractivity contribution in [2.24, 2.45) is 0 Å². The summed E-state index contributed by atoms with van der Waals surface area (Å²) in [5, 5.41) is 3.89. The second kappa shape index (κ2) is 3.40. The highest BCUT2D eigenvalue weighted by Gasteiger charge is 2.41. The molecule has 2 rings (SSSR count). The molecule has 0 radical (unpaired) electrons. The molecule has 3 nitrogen and oxygen atoms in total. The molecule has 1 aliphatic rings. The van der Waals surface area contributed by atoms with Crippen molar-refractivity contribution in [3.63, 3.8) is 0 Å². The average Bonchev–Trinajstić information content (AvgIpc) is 2.57. The zero-order valence-corrected chi connectivity index (χ0v) is 8.46. The first-order valence-corrected chi connectivity index (χ1v) is 5.03. The summed E-state index contributed by atoms with van der Waals surface area (Å²) in [4.78, 5) is 10.7. The fourth-order valence-electron chi connectivity index (χ4n) is 2.12. The summed E-state index contributed by atoms with van der Waals surface area (Å²) in [5.41, 5.74) is 0.276. The molecule has 0 atom stereocenters. The number of aryl methyl sites for hydroxylation is 1. The largest absolute Gasteiger partial charge is 0.296 e. The van der Waals surface area contributed by atoms with Crippen LogP contribution in [0.4, 0.5) is 8.78 Å². The zero-order valence-electron chi connectivity index (χ0n) is 8.46. The van der Waals surface area contributed by atoms with Crippen molar-refractivity contribution in [1.82, 2.24) is 9.78 Å². The highest BCUT2D eigenvalue weighted by molar-refractivity contribution is 5.75. The van der Waals surface area contributed by atoms with Gasteiger partial charge in [0.1, 0.15) is 5.69 Å². The first kappa shape index (κ1) is 10.3. The number of aromatic nitrogens is 2. The van der Waals surface area contributed by atoms with E-state index in [4.69, 9.17) is 0 Å². The number of aldehydes is 1. The van der Waals surface area contributed by atoms with Gasteiger partial charge in [0.25, 0.3) is 5.92 Å². The van der Waals surface area contributed by atoms with Crippen LogP contribution in [0.25, 0.3) is 0 Å². The molecule has 1 aromatic heterocycles. The van der Waals surface area contributed by atoms with Gasteiger partial charge in [-0.15, -0.1) is 0 Å². The van der Waals surface area contributed by atoms with Gasteiger partial charge in [0.15, 0.2) is 6.29 Å². The molecule has 0 spiro atoms. The van der Waals surface area contributed by atoms with Gasteiger partial charge in [0.2, 0.25) is 0 Å². The van der Waals surface area contributed by atoms with Crippen molar-refractivity contribution in [3.8, 4) is 0 Å². The van der Waals surface area contributed by atoms with Crippen LogP contribution >= 0.6 is 0 Å². The van der Waals surface area contributed by atoms with Gasteiger partial charge in [-0.1, -0.05) is 0 Å². The fourth-order valence-corrected chi connectivity index (χ4v) is 2.12. The summed E-state index contributed by atoms with van der Waals surface area (Å²) in [5.74, 6) is -2.89. The quantitative estimate of drug-likeness (QED) is 0.707. The minimum Gasteiger partial charge on any atom is -0.296 e. The lowest BCUT2D eigenvalue weighted by atomic mass is 9.92. The molecule has 1 aromatic rings. The molecule has 1 heterocycles. The number of halogens is 2. The van der Waals surface area contributed by atoms with Gasteiger partial charge in [-0.3, -0.25) is 9.48 Å². The monoisotopic (exact) mass is 214 g/mol. The second-order valence-corrected chi connectivity index (χ2v) is 3.70. The predicted molar refractivity (Wildman–Crippen MR) is 50.1 cm³/mol. The molecule has 0 saturated heterocycles. The molecular weight excluding hydrogens is 202 g/mol. The highest BCUT2D eigenvalue weighted by Crippen LogP contribution is 2.41. The molecule has 0 aromatic carbocycles. The smallest absolute Gasteiger partial charge is 0.277 e. The number of carbonyl (C=O) groups is 1. The van der Waals surface area contributed by atoms with Gasteiger partial charge in [-0.25, -0.2) is 8.78 Å². The van der Waals surface area contributed by atoms with E-state index < -0.39 is 5.92 Å². The summed E-state index contributed by atoms with van der Waals surface area (Å²) in [6, 6.07) is 0. The van der Waals surface area contributed by atoms with E-state index in [0.29, 0.717) is 31.4 Å². The second-order valence-electron chi connectivity index (χ2n) is 3.70. The lowest BCUT2D eigenvalue weighted by molar-refractivity contribution is -0.0225. The van der Waals surface area contributed by atoms with Crippen molar-refractivity contribution >= 4 is 6.29 Å². The van der Waals surface area contributed by atoms with E-state index in [9.17, 15) is 13.6 Å². The number of rotatable bonds is 2. The Bertz CT molecular complexity index is 398. The van der Waals surface area contributed by atoms with Crippen molar-refractivity contribution < 1.29 is 13.6 Å². The molecule has 15 heavy (non-hydrogen) atoms. The topological polar surface area (TPSA) is 34.9 Å². The molecule has 0 fully saturated rings. The van der Waals surface area contributed by atoms with Gasteiger partial charge in [-0.2, -0.15) is 5.10 Å². The zero-order chi connectivity index (χ0) is 11.1. The Morgan fingerprint density at radius 2 is 2.33 bits per heavy atom. The van der Waals surface area contributed by atoms with Crippen LogP contribution in [0, 0.1) is 0 Å². The standard InChI is InChI=1S/C10H12F2N2O/c1-2-14-8-4-3-5-10(11,12)9(8)7(6-15)13-14/h6H,2-5H2,1H3. The number of hydrogen-bond acceptors (Lipinski definition) is 2. The van der Waals surface area contributed by atoms with E-state index in [1.165, 1.54) is 4.68 Å². The molecule has 0 bridgehead atoms. The Hall–Kier alpha value is -1.26. The normalized spacial score (nSPS) is 18.6. The van der Waals surface area contributed by atoms with Crippen LogP contribution in [0.15, 0.2) is 0 Å². The fraction of sp³-hybridized carbons (Fsp3) is 0.600. The van der Waals surface area contributed by atoms with E-state index in [0.717, 1.165) is 0 Å². The Morgan fingerprint density at radius 1 is 1.60 bits per heavy atom. The van der Waals surface area contributed by atoms with E-state index in [-0.39, 0.29) is 17.7 Å². The number of carbonyl (C=O) groups excluding carboxylic acids is 1. The molecule has 0 N–H and O–H groups in total. The van der Waals surface area contributed by atoms with Crippen molar-refractivity contribution in [1.29, 1.82) is 0 Å². The number of fused-ring (bicyclic) bond motifs is 1. The lowest BCUT2D eigenvalue weighted by Crippen LogP contribution is -2.22. The Labute approximate surface area is 86.1 Å². The third-order valence-corrected chi connectivity index (χ3v) is 2.77. The van der Waals surface area contributed by atoms with Crippen molar-refractivity contribution in [2.75, 3.05) is 0 Å². The van der Waals surface area contributed by atoms with Gasteiger partial charge in [0, 0.05) is 18.7 Å².